The molecule has 0 spiro atoms. The van der Waals surface area contributed by atoms with Crippen LogP contribution in [0.3, 0.4) is 0 Å². The largest absolute Gasteiger partial charge is 0.0642 e. The SMILES string of the molecule is [CH2]CCC(CC)(c1cccc2ccccc12)c1cccc2ccccc12. The molecule has 0 aromatic heterocycles. The molecule has 0 fully saturated rings. The van der Waals surface area contributed by atoms with Gasteiger partial charge in [0.25, 0.3) is 0 Å². The van der Waals surface area contributed by atoms with E-state index >= 15 is 0 Å². The van der Waals surface area contributed by atoms with Gasteiger partial charge in [0.05, 0.1) is 0 Å². The molecular weight excluding hydrogens is 312 g/mol. The van der Waals surface area contributed by atoms with E-state index in [0.717, 1.165) is 19.3 Å². The van der Waals surface area contributed by atoms with E-state index in [1.165, 1.54) is 32.7 Å². The van der Waals surface area contributed by atoms with Crippen LogP contribution in [0.5, 0.6) is 0 Å². The topological polar surface area (TPSA) is 0 Å². The van der Waals surface area contributed by atoms with Gasteiger partial charge in [-0.15, -0.1) is 0 Å². The van der Waals surface area contributed by atoms with Crippen LogP contribution in [0.1, 0.15) is 37.3 Å². The molecule has 0 heteroatoms. The molecule has 0 amide bonds. The first kappa shape index (κ1) is 16.8. The Labute approximate surface area is 156 Å². The summed E-state index contributed by atoms with van der Waals surface area (Å²) in [6.07, 6.45) is 3.02. The number of hydrogen-bond acceptors (Lipinski definition) is 0. The Morgan fingerprint density at radius 2 is 1.12 bits per heavy atom. The van der Waals surface area contributed by atoms with E-state index in [2.05, 4.69) is 98.8 Å². The lowest BCUT2D eigenvalue weighted by Gasteiger charge is -2.36. The number of fused-ring (bicyclic) bond motifs is 2. The molecule has 4 aromatic carbocycles. The normalized spacial score (nSPS) is 11.9. The fourth-order valence-electron chi connectivity index (χ4n) is 4.56. The molecule has 0 heterocycles. The summed E-state index contributed by atoms with van der Waals surface area (Å²) >= 11 is 0. The summed E-state index contributed by atoms with van der Waals surface area (Å²) in [7, 11) is 0. The average Bonchev–Trinajstić information content (AvgIpc) is 2.71. The smallest absolute Gasteiger partial charge is 0.0212 e. The van der Waals surface area contributed by atoms with Crippen LogP contribution < -0.4 is 0 Å². The van der Waals surface area contributed by atoms with Crippen LogP contribution in [-0.4, -0.2) is 0 Å². The van der Waals surface area contributed by atoms with E-state index in [9.17, 15) is 0 Å². The molecule has 4 rings (SSSR count). The second-order valence-corrected chi connectivity index (χ2v) is 7.09. The van der Waals surface area contributed by atoms with Gasteiger partial charge in [-0.05, 0) is 45.5 Å². The second kappa shape index (κ2) is 6.96. The van der Waals surface area contributed by atoms with Gasteiger partial charge in [0.15, 0.2) is 0 Å². The molecule has 0 aliphatic rings. The molecule has 0 unspecified atom stereocenters. The molecule has 0 N–H and O–H groups in total. The van der Waals surface area contributed by atoms with Gasteiger partial charge in [0.2, 0.25) is 0 Å². The van der Waals surface area contributed by atoms with Crippen LogP contribution in [0, 0.1) is 6.92 Å². The lowest BCUT2D eigenvalue weighted by atomic mass is 9.67. The number of rotatable bonds is 5. The standard InChI is InChI=1S/C26H25/c1-3-19-26(4-2,24-17-9-13-20-11-5-7-15-22(20)24)25-18-10-14-21-12-6-8-16-23(21)25/h5-18H,1,3-4,19H2,2H3. The van der Waals surface area contributed by atoms with Crippen molar-refractivity contribution in [2.45, 2.75) is 31.6 Å². The Bertz CT molecular complexity index is 952. The molecule has 26 heavy (non-hydrogen) atoms. The first-order chi connectivity index (χ1) is 12.8. The van der Waals surface area contributed by atoms with Crippen molar-refractivity contribution >= 4 is 21.5 Å². The zero-order valence-electron chi connectivity index (χ0n) is 15.4. The maximum absolute atomic E-state index is 4.23. The Balaban J connectivity index is 2.08. The number of benzene rings is 4. The summed E-state index contributed by atoms with van der Waals surface area (Å²) in [4.78, 5) is 0. The summed E-state index contributed by atoms with van der Waals surface area (Å²) in [5, 5.41) is 5.34. The zero-order valence-corrected chi connectivity index (χ0v) is 15.4. The summed E-state index contributed by atoms with van der Waals surface area (Å²) in [5.41, 5.74) is 2.83. The van der Waals surface area contributed by atoms with Gasteiger partial charge in [-0.3, -0.25) is 0 Å². The molecule has 0 saturated heterocycles. The summed E-state index contributed by atoms with van der Waals surface area (Å²) in [6.45, 7) is 6.55. The van der Waals surface area contributed by atoms with Crippen LogP contribution in [0.4, 0.5) is 0 Å². The minimum atomic E-state index is -0.0243. The van der Waals surface area contributed by atoms with Crippen LogP contribution in [0.25, 0.3) is 21.5 Å². The van der Waals surface area contributed by atoms with Crippen molar-refractivity contribution in [1.82, 2.24) is 0 Å². The molecule has 4 aromatic rings. The lowest BCUT2D eigenvalue weighted by molar-refractivity contribution is 0.466. The molecule has 0 aliphatic heterocycles. The highest BCUT2D eigenvalue weighted by molar-refractivity contribution is 5.91. The Morgan fingerprint density at radius 1 is 0.654 bits per heavy atom. The van der Waals surface area contributed by atoms with Crippen LogP contribution >= 0.6 is 0 Å². The highest BCUT2D eigenvalue weighted by Crippen LogP contribution is 2.45. The van der Waals surface area contributed by atoms with Crippen molar-refractivity contribution < 1.29 is 0 Å². The van der Waals surface area contributed by atoms with Crippen molar-refractivity contribution in [3.05, 3.63) is 103 Å². The summed E-state index contributed by atoms with van der Waals surface area (Å²) in [6, 6.07) is 31.0. The van der Waals surface area contributed by atoms with E-state index in [1.54, 1.807) is 0 Å². The third kappa shape index (κ3) is 2.61. The summed E-state index contributed by atoms with van der Waals surface area (Å²) in [5.74, 6) is 0. The van der Waals surface area contributed by atoms with Crippen molar-refractivity contribution in [3.63, 3.8) is 0 Å². The van der Waals surface area contributed by atoms with Gasteiger partial charge in [-0.1, -0.05) is 105 Å². The molecule has 1 radical (unpaired) electrons. The Kier molecular flexibility index (Phi) is 4.51. The highest BCUT2D eigenvalue weighted by Gasteiger charge is 2.34. The van der Waals surface area contributed by atoms with Crippen LogP contribution in [0.2, 0.25) is 0 Å². The third-order valence-corrected chi connectivity index (χ3v) is 5.82. The van der Waals surface area contributed by atoms with Gasteiger partial charge < -0.3 is 0 Å². The first-order valence-corrected chi connectivity index (χ1v) is 9.56. The van der Waals surface area contributed by atoms with Crippen LogP contribution in [0.15, 0.2) is 84.9 Å². The van der Waals surface area contributed by atoms with E-state index in [1.807, 2.05) is 0 Å². The third-order valence-electron chi connectivity index (χ3n) is 5.82. The maximum Gasteiger partial charge on any atom is 0.0212 e. The Hall–Kier alpha value is -2.60. The summed E-state index contributed by atoms with van der Waals surface area (Å²) < 4.78 is 0. The fourth-order valence-corrected chi connectivity index (χ4v) is 4.56. The molecule has 0 atom stereocenters. The lowest BCUT2D eigenvalue weighted by Crippen LogP contribution is -2.27. The molecule has 129 valence electrons. The molecular formula is C26H25. The van der Waals surface area contributed by atoms with Gasteiger partial charge in [-0.2, -0.15) is 0 Å². The number of hydrogen-bond donors (Lipinski definition) is 0. The first-order valence-electron chi connectivity index (χ1n) is 9.56. The van der Waals surface area contributed by atoms with E-state index in [0.29, 0.717) is 0 Å². The molecule has 0 aliphatic carbocycles. The highest BCUT2D eigenvalue weighted by atomic mass is 14.4. The second-order valence-electron chi connectivity index (χ2n) is 7.09. The minimum Gasteiger partial charge on any atom is -0.0642 e. The van der Waals surface area contributed by atoms with Crippen molar-refractivity contribution in [2.24, 2.45) is 0 Å². The molecule has 0 nitrogen and oxygen atoms in total. The van der Waals surface area contributed by atoms with Crippen molar-refractivity contribution in [1.29, 1.82) is 0 Å². The maximum atomic E-state index is 4.23. The van der Waals surface area contributed by atoms with Crippen molar-refractivity contribution in [3.8, 4) is 0 Å². The van der Waals surface area contributed by atoms with E-state index in [4.69, 9.17) is 0 Å². The fraction of sp³-hybridized carbons (Fsp3) is 0.192. The predicted octanol–water partition coefficient (Wildman–Crippen LogP) is 7.30. The molecule has 0 bridgehead atoms. The predicted molar refractivity (Wildman–Crippen MR) is 114 cm³/mol. The van der Waals surface area contributed by atoms with Gasteiger partial charge in [0.1, 0.15) is 0 Å². The van der Waals surface area contributed by atoms with Gasteiger partial charge in [-0.25, -0.2) is 0 Å². The average molecular weight is 337 g/mol. The Morgan fingerprint density at radius 3 is 1.58 bits per heavy atom. The van der Waals surface area contributed by atoms with Crippen LogP contribution in [-0.2, 0) is 5.41 Å². The van der Waals surface area contributed by atoms with E-state index < -0.39 is 0 Å². The zero-order chi connectivity index (χ0) is 18.0. The van der Waals surface area contributed by atoms with Gasteiger partial charge >= 0.3 is 0 Å². The van der Waals surface area contributed by atoms with Crippen molar-refractivity contribution in [2.75, 3.05) is 0 Å². The van der Waals surface area contributed by atoms with Gasteiger partial charge in [0, 0.05) is 5.41 Å². The van der Waals surface area contributed by atoms with E-state index in [-0.39, 0.29) is 5.41 Å². The monoisotopic (exact) mass is 337 g/mol. The molecule has 0 saturated carbocycles. The quantitative estimate of drug-likeness (QED) is 0.358. The minimum absolute atomic E-state index is 0.0243.